The molecule has 0 bridgehead atoms. The van der Waals surface area contributed by atoms with Crippen molar-refractivity contribution in [2.24, 2.45) is 5.92 Å². The molecule has 0 radical (unpaired) electrons. The molecule has 18 heteroatoms. The molecule has 18 nitrogen and oxygen atoms in total. The molecule has 0 saturated heterocycles. The van der Waals surface area contributed by atoms with Gasteiger partial charge in [-0.25, -0.2) is 4.79 Å². The molecule has 0 aliphatic carbocycles. The van der Waals surface area contributed by atoms with Gasteiger partial charge in [0.2, 0.25) is 5.91 Å². The lowest BCUT2D eigenvalue weighted by atomic mass is 10.0. The maximum absolute atomic E-state index is 12.1. The van der Waals surface area contributed by atoms with Crippen molar-refractivity contribution < 1.29 is 68.9 Å². The fraction of sp³-hybridized carbons (Fsp3) is 0.839. The Labute approximate surface area is 487 Å². The third-order valence-corrected chi connectivity index (χ3v) is 11.4. The fourth-order valence-corrected chi connectivity index (χ4v) is 7.27. The van der Waals surface area contributed by atoms with E-state index in [0.717, 1.165) is 89.9 Å². The van der Waals surface area contributed by atoms with E-state index in [4.69, 9.17) is 29.2 Å². The average molecular weight is 1150 g/mol. The molecule has 0 unspecified atom stereocenters. The molecule has 0 saturated carbocycles. The molecule has 0 aromatic heterocycles. The van der Waals surface area contributed by atoms with Crippen molar-refractivity contribution in [2.45, 2.75) is 273 Å². The van der Waals surface area contributed by atoms with Gasteiger partial charge >= 0.3 is 35.8 Å². The molecule has 0 aromatic carbocycles. The molecule has 80 heavy (non-hydrogen) atoms. The molecule has 1 atom stereocenters. The predicted octanol–water partition coefficient (Wildman–Crippen LogP) is 12.1. The third kappa shape index (κ3) is 71.6. The number of carbonyl (C=O) groups is 8. The molecule has 0 aliphatic rings. The first-order valence-corrected chi connectivity index (χ1v) is 29.8. The van der Waals surface area contributed by atoms with Crippen molar-refractivity contribution in [3.05, 3.63) is 12.7 Å². The molecular formula is C62H120N4O14. The number of ketones is 1. The summed E-state index contributed by atoms with van der Waals surface area (Å²) in [5.74, 6) is -2.29. The van der Waals surface area contributed by atoms with Crippen LogP contribution in [-0.2, 0) is 57.3 Å². The smallest absolute Gasteiger partial charge is 0.330 e. The molecule has 0 heterocycles. The quantitative estimate of drug-likeness (QED) is 0.0193. The van der Waals surface area contributed by atoms with Crippen LogP contribution in [0.5, 0.6) is 0 Å². The summed E-state index contributed by atoms with van der Waals surface area (Å²) in [6.07, 6.45) is 22.9. The number of carbonyl (C=O) groups excluding carboxylic acids is 6. The lowest BCUT2D eigenvalue weighted by molar-refractivity contribution is -0.156. The first-order valence-electron chi connectivity index (χ1n) is 29.8. The van der Waals surface area contributed by atoms with Crippen molar-refractivity contribution in [3.8, 4) is 0 Å². The summed E-state index contributed by atoms with van der Waals surface area (Å²) in [5.41, 5.74) is -1.62. The van der Waals surface area contributed by atoms with Crippen LogP contribution < -0.4 is 10.6 Å². The maximum Gasteiger partial charge on any atom is 0.330 e. The number of hydrogen-bond acceptors (Lipinski definition) is 15. The number of nitrogens with zero attached hydrogens (tertiary/aromatic N) is 2. The highest BCUT2D eigenvalue weighted by Crippen LogP contribution is 2.15. The van der Waals surface area contributed by atoms with Crippen molar-refractivity contribution >= 4 is 47.5 Å². The Morgan fingerprint density at radius 3 is 1.24 bits per heavy atom. The highest BCUT2D eigenvalue weighted by molar-refractivity contribution is 5.81. The summed E-state index contributed by atoms with van der Waals surface area (Å²) in [4.78, 5) is 94.1. The second kappa shape index (κ2) is 49.2. The monoisotopic (exact) mass is 1140 g/mol. The number of ether oxygens (including phenoxy) is 4. The van der Waals surface area contributed by atoms with E-state index < -0.39 is 28.7 Å². The highest BCUT2D eigenvalue weighted by Gasteiger charge is 2.19. The molecule has 0 spiro atoms. The SMILES string of the molecule is C=CC(=O)OC(C)(C)C.CN(CCCC(=O)OC(C)(C)C)CCC(=O)OC(C)(C)C.CNCCCC(=O)OC(C)(C)C.C[C@@H](CCCCNC(=O)CCN(C)CCCC(=O)CCCCCCCCCCCCCCC(=O)O)C(=O)O.[HH]. The summed E-state index contributed by atoms with van der Waals surface area (Å²) in [6.45, 7) is 31.5. The lowest BCUT2D eigenvalue weighted by Gasteiger charge is -2.22. The van der Waals surface area contributed by atoms with Gasteiger partial charge < -0.3 is 49.6 Å². The van der Waals surface area contributed by atoms with E-state index in [2.05, 4.69) is 22.1 Å². The zero-order chi connectivity index (χ0) is 62.2. The topological polar surface area (TPSA) is 244 Å². The van der Waals surface area contributed by atoms with Crippen LogP contribution >= 0.6 is 0 Å². The van der Waals surface area contributed by atoms with Crippen molar-refractivity contribution in [3.63, 3.8) is 0 Å². The molecule has 1 amide bonds. The lowest BCUT2D eigenvalue weighted by Crippen LogP contribution is -2.30. The van der Waals surface area contributed by atoms with Crippen molar-refractivity contribution in [1.29, 1.82) is 0 Å². The Balaban J connectivity index is -0.000000371. The zero-order valence-corrected chi connectivity index (χ0v) is 53.5. The van der Waals surface area contributed by atoms with E-state index >= 15 is 0 Å². The molecule has 472 valence electrons. The second-order valence-corrected chi connectivity index (χ2v) is 24.8. The average Bonchev–Trinajstić information content (AvgIpc) is 3.31. The van der Waals surface area contributed by atoms with E-state index in [9.17, 15) is 38.4 Å². The van der Waals surface area contributed by atoms with Gasteiger partial charge in [0.1, 0.15) is 28.2 Å². The van der Waals surface area contributed by atoms with E-state index in [1.54, 1.807) is 6.92 Å². The Bertz CT molecular complexity index is 1690. The number of aliphatic carboxylic acids is 2. The van der Waals surface area contributed by atoms with Gasteiger partial charge in [0.05, 0.1) is 12.3 Å². The van der Waals surface area contributed by atoms with E-state index in [1.807, 2.05) is 109 Å². The van der Waals surface area contributed by atoms with Crippen molar-refractivity contribution in [2.75, 3.05) is 60.4 Å². The number of nitrogens with one attached hydrogen (secondary N) is 2. The fourth-order valence-electron chi connectivity index (χ4n) is 7.27. The molecule has 0 aliphatic heterocycles. The molecule has 4 N–H and O–H groups in total. The Morgan fingerprint density at radius 1 is 0.475 bits per heavy atom. The first kappa shape index (κ1) is 82.0. The van der Waals surface area contributed by atoms with Gasteiger partial charge in [0, 0.05) is 65.7 Å². The first-order chi connectivity index (χ1) is 37.0. The van der Waals surface area contributed by atoms with E-state index in [0.29, 0.717) is 76.8 Å². The number of carboxylic acids is 2. The largest absolute Gasteiger partial charge is 0.481 e. The van der Waals surface area contributed by atoms with Gasteiger partial charge in [0.25, 0.3) is 0 Å². The second-order valence-electron chi connectivity index (χ2n) is 24.8. The highest BCUT2D eigenvalue weighted by atomic mass is 16.6. The number of esters is 4. The summed E-state index contributed by atoms with van der Waals surface area (Å²) >= 11 is 0. The van der Waals surface area contributed by atoms with Crippen LogP contribution in [0.1, 0.15) is 252 Å². The van der Waals surface area contributed by atoms with Crippen LogP contribution in [0.15, 0.2) is 12.7 Å². The van der Waals surface area contributed by atoms with Crippen LogP contribution in [0.2, 0.25) is 0 Å². The van der Waals surface area contributed by atoms with Crippen LogP contribution in [0, 0.1) is 5.92 Å². The number of Topliss-reactive ketones (excluding diaryl/α,β-unsaturated/α-hetero) is 1. The minimum atomic E-state index is -0.770. The summed E-state index contributed by atoms with van der Waals surface area (Å²) in [6, 6.07) is 0. The minimum Gasteiger partial charge on any atom is -0.481 e. The van der Waals surface area contributed by atoms with Gasteiger partial charge in [-0.15, -0.1) is 0 Å². The Hall–Kier alpha value is -4.42. The normalized spacial score (nSPS) is 11.8. The van der Waals surface area contributed by atoms with Crippen LogP contribution in [0.4, 0.5) is 0 Å². The molecule has 0 rings (SSSR count). The summed E-state index contributed by atoms with van der Waals surface area (Å²) < 4.78 is 20.4. The van der Waals surface area contributed by atoms with Crippen LogP contribution in [0.3, 0.4) is 0 Å². The minimum absolute atomic E-state index is 0. The third-order valence-electron chi connectivity index (χ3n) is 11.4. The number of unbranched alkanes of at least 4 members (excludes halogenated alkanes) is 12. The molecule has 0 fully saturated rings. The predicted molar refractivity (Wildman–Crippen MR) is 322 cm³/mol. The van der Waals surface area contributed by atoms with E-state index in [1.165, 1.54) is 44.9 Å². The Kier molecular flexibility index (Phi) is 50.5. The van der Waals surface area contributed by atoms with E-state index in [-0.39, 0.29) is 42.7 Å². The van der Waals surface area contributed by atoms with Gasteiger partial charge in [-0.1, -0.05) is 84.1 Å². The summed E-state index contributed by atoms with van der Waals surface area (Å²) in [5, 5.41) is 23.3. The standard InChI is InChI=1S/C30H56N2O6.C16H31NO4.C9H19NO2.C7H12O2.H2/c1-26(30(37)38)18-15-16-23-31-28(34)22-25-32(2)24-17-20-27(33)19-13-11-9-7-5-3-4-6-8-10-12-14-21-29(35)36;1-15(2,3)20-13(18)9-8-11-17(7)12-10-14(19)21-16(4,5)6;1-9(2,3)12-8(11)6-5-7-10-4;1-5-6(8)9-7(2,3)4;/h26H,3-25H2,1-2H3,(H,31,34)(H,35,36)(H,37,38);8-12H2,1-7H3;10H,5-7H2,1-4H3;5H,1H2,2-4H3;1H/t26-;;;;/m0..../s1. The number of carboxylic acid groups (broad SMARTS) is 2. The van der Waals surface area contributed by atoms with Gasteiger partial charge in [0.15, 0.2) is 0 Å². The molecule has 0 aromatic rings. The zero-order valence-electron chi connectivity index (χ0n) is 53.5. The number of rotatable bonds is 40. The molecular weight excluding hydrogens is 1020 g/mol. The summed E-state index contributed by atoms with van der Waals surface area (Å²) in [7, 11) is 5.78. The Morgan fingerprint density at radius 2 is 0.850 bits per heavy atom. The maximum atomic E-state index is 12.1. The van der Waals surface area contributed by atoms with Gasteiger partial charge in [-0.05, 0) is 169 Å². The number of hydrogen-bond donors (Lipinski definition) is 4. The van der Waals surface area contributed by atoms with Gasteiger partial charge in [-0.3, -0.25) is 33.6 Å². The van der Waals surface area contributed by atoms with Crippen LogP contribution in [0.25, 0.3) is 0 Å². The van der Waals surface area contributed by atoms with Crippen LogP contribution in [-0.4, -0.2) is 150 Å². The van der Waals surface area contributed by atoms with Gasteiger partial charge in [-0.2, -0.15) is 0 Å². The number of amides is 1. The van der Waals surface area contributed by atoms with Crippen molar-refractivity contribution in [1.82, 2.24) is 20.4 Å².